The molecular weight excluding hydrogens is 232 g/mol. The van der Waals surface area contributed by atoms with Crippen LogP contribution >= 0.6 is 0 Å². The maximum atomic E-state index is 11.4. The van der Waals surface area contributed by atoms with E-state index in [2.05, 4.69) is 10.1 Å². The molecule has 0 unspecified atom stereocenters. The number of hydrogen-bond acceptors (Lipinski definition) is 4. The average Bonchev–Trinajstić information content (AvgIpc) is 2.10. The Labute approximate surface area is 97.0 Å². The lowest BCUT2D eigenvalue weighted by molar-refractivity contribution is 0.151. The maximum absolute atomic E-state index is 11.4. The monoisotopic (exact) mass is 252 g/mol. The van der Waals surface area contributed by atoms with Crippen LogP contribution in [0.25, 0.3) is 0 Å². The lowest BCUT2D eigenvalue weighted by atomic mass is 10.4. The first-order chi connectivity index (χ1) is 7.29. The van der Waals surface area contributed by atoms with Gasteiger partial charge < -0.3 is 10.1 Å². The summed E-state index contributed by atoms with van der Waals surface area (Å²) in [5.41, 5.74) is 0. The molecular formula is C9H20N2O4S. The van der Waals surface area contributed by atoms with Gasteiger partial charge in [0.15, 0.2) is 0 Å². The molecule has 0 saturated heterocycles. The molecule has 0 spiro atoms. The summed E-state index contributed by atoms with van der Waals surface area (Å²) in [5, 5.41) is 2.47. The number of nitrogens with zero attached hydrogens (tertiary/aromatic N) is 1. The van der Waals surface area contributed by atoms with Crippen molar-refractivity contribution in [2.45, 2.75) is 26.8 Å². The van der Waals surface area contributed by atoms with Crippen molar-refractivity contribution in [3.8, 4) is 0 Å². The number of hydrogen-bond donors (Lipinski definition) is 1. The van der Waals surface area contributed by atoms with Crippen molar-refractivity contribution >= 4 is 16.1 Å². The van der Waals surface area contributed by atoms with Crippen molar-refractivity contribution in [2.24, 2.45) is 0 Å². The highest BCUT2D eigenvalue weighted by Gasteiger charge is 2.19. The van der Waals surface area contributed by atoms with Crippen LogP contribution in [-0.4, -0.2) is 50.8 Å². The molecule has 0 radical (unpaired) electrons. The van der Waals surface area contributed by atoms with Crippen molar-refractivity contribution in [2.75, 3.05) is 26.0 Å². The molecule has 6 nitrogen and oxygen atoms in total. The van der Waals surface area contributed by atoms with E-state index in [0.717, 1.165) is 6.26 Å². The van der Waals surface area contributed by atoms with Gasteiger partial charge in [0.05, 0.1) is 12.9 Å². The first-order valence-electron chi connectivity index (χ1n) is 5.16. The number of carbonyl (C=O) groups is 1. The lowest BCUT2D eigenvalue weighted by Crippen LogP contribution is -2.41. The van der Waals surface area contributed by atoms with Gasteiger partial charge in [-0.05, 0) is 20.8 Å². The van der Waals surface area contributed by atoms with Crippen LogP contribution in [0.1, 0.15) is 20.8 Å². The highest BCUT2D eigenvalue weighted by atomic mass is 32.2. The molecule has 0 aromatic rings. The molecule has 7 heteroatoms. The second-order valence-electron chi connectivity index (χ2n) is 3.61. The predicted molar refractivity (Wildman–Crippen MR) is 61.7 cm³/mol. The summed E-state index contributed by atoms with van der Waals surface area (Å²) < 4.78 is 28.7. The number of sulfonamides is 1. The van der Waals surface area contributed by atoms with Crippen LogP contribution in [0.4, 0.5) is 4.79 Å². The Balaban J connectivity index is 4.11. The van der Waals surface area contributed by atoms with Crippen LogP contribution in [-0.2, 0) is 14.8 Å². The van der Waals surface area contributed by atoms with Gasteiger partial charge in [0.25, 0.3) is 0 Å². The van der Waals surface area contributed by atoms with Crippen LogP contribution in [0.3, 0.4) is 0 Å². The van der Waals surface area contributed by atoms with E-state index in [4.69, 9.17) is 0 Å². The standard InChI is InChI=1S/C9H20N2O4S/c1-5-15-9(12)10-6-7-11(8(2)3)16(4,13)14/h8H,5-7H2,1-4H3,(H,10,12). The van der Waals surface area contributed by atoms with E-state index in [1.54, 1.807) is 20.8 Å². The highest BCUT2D eigenvalue weighted by molar-refractivity contribution is 7.88. The largest absolute Gasteiger partial charge is 0.450 e. The zero-order chi connectivity index (χ0) is 12.8. The van der Waals surface area contributed by atoms with Gasteiger partial charge in [0.2, 0.25) is 10.0 Å². The minimum atomic E-state index is -3.23. The molecule has 0 rings (SSSR count). The summed E-state index contributed by atoms with van der Waals surface area (Å²) in [4.78, 5) is 10.9. The van der Waals surface area contributed by atoms with E-state index in [9.17, 15) is 13.2 Å². The molecule has 0 aliphatic carbocycles. The molecule has 0 fully saturated rings. The quantitative estimate of drug-likeness (QED) is 0.742. The SMILES string of the molecule is CCOC(=O)NCCN(C(C)C)S(C)(=O)=O. The Kier molecular flexibility index (Phi) is 6.35. The number of amides is 1. The minimum absolute atomic E-state index is 0.126. The van der Waals surface area contributed by atoms with Gasteiger partial charge in [-0.1, -0.05) is 0 Å². The van der Waals surface area contributed by atoms with E-state index >= 15 is 0 Å². The normalized spacial score (nSPS) is 11.9. The number of carbonyl (C=O) groups excluding carboxylic acids is 1. The van der Waals surface area contributed by atoms with Crippen molar-refractivity contribution in [1.82, 2.24) is 9.62 Å². The topological polar surface area (TPSA) is 75.7 Å². The van der Waals surface area contributed by atoms with Gasteiger partial charge in [-0.3, -0.25) is 0 Å². The summed E-state index contributed by atoms with van der Waals surface area (Å²) in [6.45, 7) is 6.05. The molecule has 0 heterocycles. The Morgan fingerprint density at radius 2 is 2.00 bits per heavy atom. The molecule has 0 aliphatic rings. The van der Waals surface area contributed by atoms with Crippen LogP contribution < -0.4 is 5.32 Å². The molecule has 96 valence electrons. The van der Waals surface area contributed by atoms with Crippen molar-refractivity contribution < 1.29 is 17.9 Å². The fraction of sp³-hybridized carbons (Fsp3) is 0.889. The van der Waals surface area contributed by atoms with Gasteiger partial charge in [0.1, 0.15) is 0 Å². The third-order valence-electron chi connectivity index (χ3n) is 1.88. The molecule has 0 aromatic carbocycles. The first-order valence-corrected chi connectivity index (χ1v) is 7.01. The van der Waals surface area contributed by atoms with E-state index < -0.39 is 16.1 Å². The summed E-state index contributed by atoms with van der Waals surface area (Å²) in [7, 11) is -3.23. The van der Waals surface area contributed by atoms with Gasteiger partial charge in [-0.25, -0.2) is 13.2 Å². The van der Waals surface area contributed by atoms with Crippen molar-refractivity contribution in [3.05, 3.63) is 0 Å². The summed E-state index contributed by atoms with van der Waals surface area (Å²) in [6, 6.07) is -0.126. The van der Waals surface area contributed by atoms with E-state index in [-0.39, 0.29) is 19.1 Å². The summed E-state index contributed by atoms with van der Waals surface area (Å²) >= 11 is 0. The third-order valence-corrected chi connectivity index (χ3v) is 3.34. The molecule has 0 aromatic heterocycles. The number of rotatable bonds is 6. The molecule has 1 N–H and O–H groups in total. The van der Waals surface area contributed by atoms with Crippen molar-refractivity contribution in [3.63, 3.8) is 0 Å². The third kappa shape index (κ3) is 5.92. The predicted octanol–water partition coefficient (Wildman–Crippen LogP) is 0.403. The summed E-state index contributed by atoms with van der Waals surface area (Å²) in [5.74, 6) is 0. The summed E-state index contributed by atoms with van der Waals surface area (Å²) in [6.07, 6.45) is 0.622. The van der Waals surface area contributed by atoms with E-state index in [1.165, 1.54) is 4.31 Å². The molecule has 0 saturated carbocycles. The van der Waals surface area contributed by atoms with E-state index in [1.807, 2.05) is 0 Å². The fourth-order valence-corrected chi connectivity index (χ4v) is 2.45. The lowest BCUT2D eigenvalue weighted by Gasteiger charge is -2.23. The van der Waals surface area contributed by atoms with Gasteiger partial charge in [-0.15, -0.1) is 0 Å². The van der Waals surface area contributed by atoms with Crippen LogP contribution in [0.15, 0.2) is 0 Å². The Morgan fingerprint density at radius 1 is 1.44 bits per heavy atom. The Hall–Kier alpha value is -0.820. The van der Waals surface area contributed by atoms with E-state index in [0.29, 0.717) is 6.61 Å². The maximum Gasteiger partial charge on any atom is 0.407 e. The second kappa shape index (κ2) is 6.70. The first kappa shape index (κ1) is 15.2. The number of nitrogens with one attached hydrogen (secondary N) is 1. The van der Waals surface area contributed by atoms with Gasteiger partial charge >= 0.3 is 6.09 Å². The molecule has 0 aliphatic heterocycles. The molecule has 1 amide bonds. The smallest absolute Gasteiger partial charge is 0.407 e. The number of alkyl carbamates (subject to hydrolysis) is 1. The number of ether oxygens (including phenoxy) is 1. The van der Waals surface area contributed by atoms with Crippen LogP contribution in [0.5, 0.6) is 0 Å². The molecule has 16 heavy (non-hydrogen) atoms. The Morgan fingerprint density at radius 3 is 2.38 bits per heavy atom. The van der Waals surface area contributed by atoms with Gasteiger partial charge in [-0.2, -0.15) is 4.31 Å². The van der Waals surface area contributed by atoms with Crippen LogP contribution in [0, 0.1) is 0 Å². The molecule has 0 atom stereocenters. The molecule has 0 bridgehead atoms. The average molecular weight is 252 g/mol. The fourth-order valence-electron chi connectivity index (χ4n) is 1.26. The van der Waals surface area contributed by atoms with Gasteiger partial charge in [0, 0.05) is 19.1 Å². The van der Waals surface area contributed by atoms with Crippen molar-refractivity contribution in [1.29, 1.82) is 0 Å². The zero-order valence-corrected chi connectivity index (χ0v) is 11.0. The zero-order valence-electron chi connectivity index (χ0n) is 10.2. The second-order valence-corrected chi connectivity index (χ2v) is 5.55. The Bertz CT molecular complexity index is 313. The minimum Gasteiger partial charge on any atom is -0.450 e. The highest BCUT2D eigenvalue weighted by Crippen LogP contribution is 2.03. The van der Waals surface area contributed by atoms with Crippen LogP contribution in [0.2, 0.25) is 0 Å².